The molecule has 6 N–H and O–H groups in total. The monoisotopic (exact) mass is 327 g/mol. The molecule has 2 aromatic rings. The molecule has 0 fully saturated rings. The molecule has 24 heavy (non-hydrogen) atoms. The Morgan fingerprint density at radius 3 is 2.38 bits per heavy atom. The number of nitrogens with two attached hydrogens (primary N) is 2. The molecule has 0 aliphatic rings. The summed E-state index contributed by atoms with van der Waals surface area (Å²) in [6, 6.07) is 12.4. The first-order chi connectivity index (χ1) is 11.5. The molecular formula is C17H14FN3O3. The molecule has 0 unspecified atom stereocenters. The van der Waals surface area contributed by atoms with Gasteiger partial charge in [0.25, 0.3) is 0 Å². The molecule has 0 aliphatic carbocycles. The number of hydrazine groups is 1. The van der Waals surface area contributed by atoms with Crippen LogP contribution in [0.5, 0.6) is 5.75 Å². The van der Waals surface area contributed by atoms with Crippen LogP contribution in [0.3, 0.4) is 0 Å². The van der Waals surface area contributed by atoms with Gasteiger partial charge >= 0.3 is 5.97 Å². The molecule has 2 rings (SSSR count). The van der Waals surface area contributed by atoms with Gasteiger partial charge in [0.2, 0.25) is 5.88 Å². The van der Waals surface area contributed by atoms with E-state index < -0.39 is 11.7 Å². The Bertz CT molecular complexity index is 836. The quantitative estimate of drug-likeness (QED) is 0.221. The molecule has 0 aliphatic heterocycles. The minimum atomic E-state index is -1.36. The highest BCUT2D eigenvalue weighted by Crippen LogP contribution is 2.14. The van der Waals surface area contributed by atoms with Gasteiger partial charge in [-0.05, 0) is 42.5 Å². The van der Waals surface area contributed by atoms with Crippen LogP contribution in [-0.4, -0.2) is 11.1 Å². The van der Waals surface area contributed by atoms with E-state index in [9.17, 15) is 9.18 Å². The summed E-state index contributed by atoms with van der Waals surface area (Å²) >= 11 is 0. The zero-order valence-electron chi connectivity index (χ0n) is 12.4. The number of benzene rings is 2. The van der Waals surface area contributed by atoms with E-state index in [1.54, 1.807) is 36.4 Å². The van der Waals surface area contributed by atoms with Crippen molar-refractivity contribution in [3.8, 4) is 17.6 Å². The van der Waals surface area contributed by atoms with Crippen LogP contribution in [0.4, 0.5) is 4.39 Å². The molecule has 0 saturated carbocycles. The summed E-state index contributed by atoms with van der Waals surface area (Å²) in [5.41, 5.74) is 8.10. The van der Waals surface area contributed by atoms with E-state index in [0.717, 1.165) is 0 Å². The third-order valence-corrected chi connectivity index (χ3v) is 2.86. The molecule has 0 atom stereocenters. The lowest BCUT2D eigenvalue weighted by molar-refractivity contribution is -0.132. The molecule has 0 bridgehead atoms. The fraction of sp³-hybridized carbons (Fsp3) is 0. The summed E-state index contributed by atoms with van der Waals surface area (Å²) in [7, 11) is 0. The van der Waals surface area contributed by atoms with Crippen molar-refractivity contribution < 1.29 is 19.0 Å². The van der Waals surface area contributed by atoms with Crippen LogP contribution >= 0.6 is 0 Å². The van der Waals surface area contributed by atoms with E-state index in [1.165, 1.54) is 12.1 Å². The molecule has 122 valence electrons. The molecular weight excluding hydrogens is 313 g/mol. The highest BCUT2D eigenvalue weighted by atomic mass is 19.1. The second-order valence-corrected chi connectivity index (χ2v) is 4.58. The minimum Gasteiger partial charge on any atom is -0.476 e. The number of aliphatic carboxylic acids is 1. The largest absolute Gasteiger partial charge is 0.476 e. The van der Waals surface area contributed by atoms with Crippen molar-refractivity contribution in [2.24, 2.45) is 11.6 Å². The van der Waals surface area contributed by atoms with Gasteiger partial charge in [-0.2, -0.15) is 0 Å². The van der Waals surface area contributed by atoms with E-state index >= 15 is 0 Å². The maximum Gasteiger partial charge on any atom is 0.357 e. The number of carboxylic acids is 1. The predicted molar refractivity (Wildman–Crippen MR) is 85.6 cm³/mol. The minimum absolute atomic E-state index is 0.277. The van der Waals surface area contributed by atoms with Crippen molar-refractivity contribution in [3.05, 3.63) is 77.1 Å². The molecule has 7 heteroatoms. The molecule has 2 aromatic carbocycles. The van der Waals surface area contributed by atoms with Gasteiger partial charge in [0.05, 0.1) is 0 Å². The number of hydrogen-bond donors (Lipinski definition) is 4. The van der Waals surface area contributed by atoms with Crippen LogP contribution in [0.25, 0.3) is 0 Å². The number of nitrogens with one attached hydrogen (secondary N) is 1. The van der Waals surface area contributed by atoms with Gasteiger partial charge in [0.1, 0.15) is 11.6 Å². The first-order valence-electron chi connectivity index (χ1n) is 6.75. The molecule has 0 heterocycles. The van der Waals surface area contributed by atoms with Crippen LogP contribution in [0.2, 0.25) is 0 Å². The molecule has 6 nitrogen and oxygen atoms in total. The van der Waals surface area contributed by atoms with Crippen molar-refractivity contribution in [2.45, 2.75) is 0 Å². The molecule has 0 saturated heterocycles. The van der Waals surface area contributed by atoms with E-state index in [0.29, 0.717) is 16.9 Å². The zero-order valence-corrected chi connectivity index (χ0v) is 12.4. The van der Waals surface area contributed by atoms with Crippen molar-refractivity contribution in [1.82, 2.24) is 5.43 Å². The van der Waals surface area contributed by atoms with Crippen molar-refractivity contribution >= 4 is 5.97 Å². The first kappa shape index (κ1) is 16.9. The van der Waals surface area contributed by atoms with Crippen LogP contribution in [0.1, 0.15) is 11.1 Å². The molecule has 0 aromatic heterocycles. The fourth-order valence-electron chi connectivity index (χ4n) is 1.69. The van der Waals surface area contributed by atoms with Crippen LogP contribution < -0.4 is 21.7 Å². The molecule has 0 spiro atoms. The third-order valence-electron chi connectivity index (χ3n) is 2.86. The lowest BCUT2D eigenvalue weighted by Gasteiger charge is -2.10. The maximum absolute atomic E-state index is 13.1. The standard InChI is InChI=1S/C17H14FN3O3/c18-13-3-1-2-12(10-13)5-4-11-6-8-14(9-7-11)24-16(21-20)15(19)17(22)23/h1-3,6-10,21H,19-20H2,(H,22,23)/b16-15+. The number of halogens is 1. The molecule has 0 amide bonds. The highest BCUT2D eigenvalue weighted by Gasteiger charge is 2.11. The van der Waals surface area contributed by atoms with Gasteiger partial charge in [-0.1, -0.05) is 17.9 Å². The maximum atomic E-state index is 13.1. The summed E-state index contributed by atoms with van der Waals surface area (Å²) < 4.78 is 18.3. The Kier molecular flexibility index (Phi) is 5.39. The van der Waals surface area contributed by atoms with Gasteiger partial charge in [-0.3, -0.25) is 5.43 Å². The van der Waals surface area contributed by atoms with Gasteiger partial charge in [0.15, 0.2) is 5.70 Å². The lowest BCUT2D eigenvalue weighted by Crippen LogP contribution is -2.31. The van der Waals surface area contributed by atoms with Gasteiger partial charge in [-0.15, -0.1) is 0 Å². The Hall–Kier alpha value is -3.50. The highest BCUT2D eigenvalue weighted by molar-refractivity contribution is 5.85. The van der Waals surface area contributed by atoms with E-state index in [-0.39, 0.29) is 11.7 Å². The number of carboxylic acid groups (broad SMARTS) is 1. The topological polar surface area (TPSA) is 111 Å². The Morgan fingerprint density at radius 2 is 1.79 bits per heavy atom. The van der Waals surface area contributed by atoms with Crippen molar-refractivity contribution in [2.75, 3.05) is 0 Å². The van der Waals surface area contributed by atoms with Crippen LogP contribution in [0, 0.1) is 17.7 Å². The zero-order chi connectivity index (χ0) is 17.5. The van der Waals surface area contributed by atoms with E-state index in [4.69, 9.17) is 21.4 Å². The lowest BCUT2D eigenvalue weighted by atomic mass is 10.2. The Balaban J connectivity index is 2.14. The summed E-state index contributed by atoms with van der Waals surface area (Å²) in [4.78, 5) is 10.8. The van der Waals surface area contributed by atoms with Crippen LogP contribution in [0.15, 0.2) is 60.1 Å². The summed E-state index contributed by atoms with van der Waals surface area (Å²) in [6.45, 7) is 0. The van der Waals surface area contributed by atoms with Gasteiger partial charge in [0, 0.05) is 11.1 Å². The predicted octanol–water partition coefficient (Wildman–Crippen LogP) is 1.28. The summed E-state index contributed by atoms with van der Waals surface area (Å²) in [5.74, 6) is 9.23. The second-order valence-electron chi connectivity index (χ2n) is 4.58. The third kappa shape index (κ3) is 4.50. The van der Waals surface area contributed by atoms with E-state index in [2.05, 4.69) is 17.3 Å². The van der Waals surface area contributed by atoms with Gasteiger partial charge in [-0.25, -0.2) is 15.0 Å². The molecule has 0 radical (unpaired) electrons. The Morgan fingerprint density at radius 1 is 1.12 bits per heavy atom. The number of rotatable bonds is 4. The average molecular weight is 327 g/mol. The smallest absolute Gasteiger partial charge is 0.357 e. The number of carbonyl (C=O) groups is 1. The first-order valence-corrected chi connectivity index (χ1v) is 6.75. The summed E-state index contributed by atoms with van der Waals surface area (Å²) in [5, 5.41) is 8.80. The number of ether oxygens (including phenoxy) is 1. The summed E-state index contributed by atoms with van der Waals surface area (Å²) in [6.07, 6.45) is 0. The SMILES string of the molecule is NN/C(Oc1ccc(C#Cc2cccc(F)c2)cc1)=C(\N)C(=O)O. The normalized spacial score (nSPS) is 10.9. The van der Waals surface area contributed by atoms with Crippen LogP contribution in [-0.2, 0) is 4.79 Å². The number of hydrogen-bond acceptors (Lipinski definition) is 5. The Labute approximate surface area is 137 Å². The second kappa shape index (κ2) is 7.67. The fourth-order valence-corrected chi connectivity index (χ4v) is 1.69. The van der Waals surface area contributed by atoms with Crippen molar-refractivity contribution in [3.63, 3.8) is 0 Å². The van der Waals surface area contributed by atoms with Gasteiger partial charge < -0.3 is 15.6 Å². The average Bonchev–Trinajstić information content (AvgIpc) is 2.58. The van der Waals surface area contributed by atoms with Crippen molar-refractivity contribution in [1.29, 1.82) is 0 Å². The van der Waals surface area contributed by atoms with E-state index in [1.807, 2.05) is 0 Å².